The van der Waals surface area contributed by atoms with Crippen molar-refractivity contribution in [2.75, 3.05) is 39.8 Å². The van der Waals surface area contributed by atoms with E-state index < -0.39 is 0 Å². The van der Waals surface area contributed by atoms with Crippen molar-refractivity contribution in [2.45, 2.75) is 19.3 Å². The molecule has 96 valence electrons. The molecule has 0 unspecified atom stereocenters. The number of carbonyl (C=O) groups is 2. The topological polar surface area (TPSA) is 49.9 Å². The van der Waals surface area contributed by atoms with Crippen LogP contribution in [0.25, 0.3) is 0 Å². The van der Waals surface area contributed by atoms with Gasteiger partial charge in [-0.1, -0.05) is 6.42 Å². The third-order valence-corrected chi connectivity index (χ3v) is 4.01. The molecule has 2 aliphatic rings. The molecule has 1 aliphatic carbocycles. The molecule has 0 N–H and O–H groups in total. The Balaban J connectivity index is 1.88. The average molecular weight is 240 g/mol. The van der Waals surface area contributed by atoms with Crippen molar-refractivity contribution in [3.63, 3.8) is 0 Å². The third-order valence-electron chi connectivity index (χ3n) is 4.01. The van der Waals surface area contributed by atoms with Crippen molar-refractivity contribution in [1.29, 1.82) is 0 Å². The number of rotatable bonds is 4. The Morgan fingerprint density at radius 3 is 2.35 bits per heavy atom. The minimum Gasteiger partial charge on any atom is -0.469 e. The van der Waals surface area contributed by atoms with Crippen LogP contribution in [-0.2, 0) is 14.3 Å². The van der Waals surface area contributed by atoms with Gasteiger partial charge < -0.3 is 9.64 Å². The van der Waals surface area contributed by atoms with E-state index in [9.17, 15) is 9.59 Å². The van der Waals surface area contributed by atoms with Gasteiger partial charge in [-0.2, -0.15) is 0 Å². The van der Waals surface area contributed by atoms with Gasteiger partial charge in [0.25, 0.3) is 0 Å². The Hall–Kier alpha value is -1.10. The van der Waals surface area contributed by atoms with Crippen molar-refractivity contribution in [2.24, 2.45) is 5.41 Å². The maximum atomic E-state index is 11.8. The molecule has 0 bridgehead atoms. The standard InChI is InChI=1S/C12H20N2O3/c1-17-11(16)12(3-2-4-12)9-13-5-7-14(10-15)8-6-13/h10H,2-9H2,1H3. The molecule has 2 rings (SSSR count). The molecule has 5 nitrogen and oxygen atoms in total. The van der Waals surface area contributed by atoms with Crippen LogP contribution in [0.3, 0.4) is 0 Å². The van der Waals surface area contributed by atoms with Crippen LogP contribution in [-0.4, -0.2) is 62.0 Å². The van der Waals surface area contributed by atoms with E-state index in [0.717, 1.165) is 58.4 Å². The maximum Gasteiger partial charge on any atom is 0.313 e. The fraction of sp³-hybridized carbons (Fsp3) is 0.833. The van der Waals surface area contributed by atoms with Crippen LogP contribution in [0, 0.1) is 5.41 Å². The maximum absolute atomic E-state index is 11.8. The number of ether oxygens (including phenoxy) is 1. The normalized spacial score (nSPS) is 23.9. The minimum absolute atomic E-state index is 0.0680. The Labute approximate surface area is 102 Å². The molecule has 0 spiro atoms. The van der Waals surface area contributed by atoms with Gasteiger partial charge in [-0.05, 0) is 12.8 Å². The summed E-state index contributed by atoms with van der Waals surface area (Å²) in [5.41, 5.74) is -0.266. The highest BCUT2D eigenvalue weighted by Gasteiger charge is 2.46. The van der Waals surface area contributed by atoms with Crippen molar-refractivity contribution in [1.82, 2.24) is 9.80 Å². The second-order valence-corrected chi connectivity index (χ2v) is 5.04. The molecular weight excluding hydrogens is 220 g/mol. The average Bonchev–Trinajstić information content (AvgIpc) is 2.33. The number of piperazine rings is 1. The van der Waals surface area contributed by atoms with E-state index in [0.29, 0.717) is 0 Å². The molecule has 0 radical (unpaired) electrons. The van der Waals surface area contributed by atoms with Gasteiger partial charge >= 0.3 is 5.97 Å². The Morgan fingerprint density at radius 2 is 1.94 bits per heavy atom. The second kappa shape index (κ2) is 5.04. The zero-order chi connectivity index (χ0) is 12.3. The molecule has 0 aromatic rings. The van der Waals surface area contributed by atoms with Gasteiger partial charge in [-0.25, -0.2) is 0 Å². The summed E-state index contributed by atoms with van der Waals surface area (Å²) in [4.78, 5) is 26.5. The number of esters is 1. The summed E-state index contributed by atoms with van der Waals surface area (Å²) in [6.07, 6.45) is 3.89. The van der Waals surface area contributed by atoms with E-state index in [1.54, 1.807) is 4.90 Å². The van der Waals surface area contributed by atoms with Gasteiger partial charge in [0, 0.05) is 32.7 Å². The molecule has 1 heterocycles. The molecule has 1 amide bonds. The summed E-state index contributed by atoms with van der Waals surface area (Å²) < 4.78 is 4.91. The number of methoxy groups -OCH3 is 1. The third kappa shape index (κ3) is 2.44. The highest BCUT2D eigenvalue weighted by atomic mass is 16.5. The van der Waals surface area contributed by atoms with Crippen LogP contribution in [0.15, 0.2) is 0 Å². The van der Waals surface area contributed by atoms with Crippen molar-refractivity contribution >= 4 is 12.4 Å². The molecule has 1 saturated carbocycles. The summed E-state index contributed by atoms with van der Waals surface area (Å²) >= 11 is 0. The number of hydrogen-bond donors (Lipinski definition) is 0. The van der Waals surface area contributed by atoms with Crippen LogP contribution in [0.4, 0.5) is 0 Å². The quantitative estimate of drug-likeness (QED) is 0.517. The van der Waals surface area contributed by atoms with Crippen LogP contribution < -0.4 is 0 Å². The number of hydrogen-bond acceptors (Lipinski definition) is 4. The first-order valence-electron chi connectivity index (χ1n) is 6.20. The number of nitrogens with zero attached hydrogens (tertiary/aromatic N) is 2. The first-order valence-corrected chi connectivity index (χ1v) is 6.20. The molecule has 1 aliphatic heterocycles. The lowest BCUT2D eigenvalue weighted by molar-refractivity contribution is -0.160. The van der Waals surface area contributed by atoms with Gasteiger partial charge in [0.05, 0.1) is 12.5 Å². The fourth-order valence-corrected chi connectivity index (χ4v) is 2.70. The SMILES string of the molecule is COC(=O)C1(CN2CCN(C=O)CC2)CCC1. The first-order chi connectivity index (χ1) is 8.20. The Morgan fingerprint density at radius 1 is 1.29 bits per heavy atom. The molecule has 1 saturated heterocycles. The van der Waals surface area contributed by atoms with E-state index in [-0.39, 0.29) is 11.4 Å². The predicted octanol–water partition coefficient (Wildman–Crippen LogP) is 0.104. The summed E-state index contributed by atoms with van der Waals surface area (Å²) in [6.45, 7) is 4.03. The number of carbonyl (C=O) groups excluding carboxylic acids is 2. The Kier molecular flexibility index (Phi) is 3.66. The van der Waals surface area contributed by atoms with Crippen LogP contribution in [0.2, 0.25) is 0 Å². The van der Waals surface area contributed by atoms with Gasteiger partial charge in [-0.3, -0.25) is 14.5 Å². The molecule has 17 heavy (non-hydrogen) atoms. The van der Waals surface area contributed by atoms with E-state index in [4.69, 9.17) is 4.74 Å². The summed E-state index contributed by atoms with van der Waals surface area (Å²) in [5, 5.41) is 0. The molecule has 0 atom stereocenters. The zero-order valence-electron chi connectivity index (χ0n) is 10.4. The minimum atomic E-state index is -0.266. The van der Waals surface area contributed by atoms with Gasteiger partial charge in [0.2, 0.25) is 6.41 Å². The number of amides is 1. The van der Waals surface area contributed by atoms with Crippen molar-refractivity contribution in [3.8, 4) is 0 Å². The highest BCUT2D eigenvalue weighted by Crippen LogP contribution is 2.42. The molecule has 0 aromatic carbocycles. The lowest BCUT2D eigenvalue weighted by Crippen LogP contribution is -2.53. The smallest absolute Gasteiger partial charge is 0.313 e. The lowest BCUT2D eigenvalue weighted by Gasteiger charge is -2.44. The molecule has 0 aromatic heterocycles. The fourth-order valence-electron chi connectivity index (χ4n) is 2.70. The zero-order valence-corrected chi connectivity index (χ0v) is 10.4. The van der Waals surface area contributed by atoms with Crippen LogP contribution >= 0.6 is 0 Å². The van der Waals surface area contributed by atoms with E-state index in [1.165, 1.54) is 7.11 Å². The van der Waals surface area contributed by atoms with Gasteiger partial charge in [0.15, 0.2) is 0 Å². The van der Waals surface area contributed by atoms with E-state index >= 15 is 0 Å². The predicted molar refractivity (Wildman–Crippen MR) is 62.4 cm³/mol. The monoisotopic (exact) mass is 240 g/mol. The summed E-state index contributed by atoms with van der Waals surface area (Å²) in [7, 11) is 1.47. The second-order valence-electron chi connectivity index (χ2n) is 5.04. The van der Waals surface area contributed by atoms with Gasteiger partial charge in [-0.15, -0.1) is 0 Å². The largest absolute Gasteiger partial charge is 0.469 e. The first kappa shape index (κ1) is 12.4. The lowest BCUT2D eigenvalue weighted by atomic mass is 9.68. The van der Waals surface area contributed by atoms with Crippen molar-refractivity contribution < 1.29 is 14.3 Å². The van der Waals surface area contributed by atoms with Gasteiger partial charge in [0.1, 0.15) is 0 Å². The van der Waals surface area contributed by atoms with Crippen LogP contribution in [0.1, 0.15) is 19.3 Å². The molecule has 2 fully saturated rings. The Bertz CT molecular complexity index is 294. The summed E-state index contributed by atoms with van der Waals surface area (Å²) in [5.74, 6) is -0.0680. The van der Waals surface area contributed by atoms with Crippen molar-refractivity contribution in [3.05, 3.63) is 0 Å². The van der Waals surface area contributed by atoms with E-state index in [1.807, 2.05) is 0 Å². The molecule has 5 heteroatoms. The van der Waals surface area contributed by atoms with E-state index in [2.05, 4.69) is 4.90 Å². The highest BCUT2D eigenvalue weighted by molar-refractivity contribution is 5.78. The molecular formula is C12H20N2O3. The van der Waals surface area contributed by atoms with Crippen LogP contribution in [0.5, 0.6) is 0 Å². The summed E-state index contributed by atoms with van der Waals surface area (Å²) in [6, 6.07) is 0.